The van der Waals surface area contributed by atoms with E-state index in [1.54, 1.807) is 54.8 Å². The summed E-state index contributed by atoms with van der Waals surface area (Å²) in [5, 5.41) is 13.7. The SMILES string of the molecule is C[C@@H](NC(=O)[C@@H]1C[C@@H](S(C)(=O)=O)CN1C(=O)CNC(=O)c1ccc(Oc2ccccc2)cc1)c1cc(C(=N)N)cs1. The number of nitrogens with one attached hydrogen (secondary N) is 3. The normalized spacial score (nSPS) is 17.5. The zero-order chi connectivity index (χ0) is 29.7. The number of hydrogen-bond donors (Lipinski definition) is 4. The highest BCUT2D eigenvalue weighted by molar-refractivity contribution is 7.91. The second kappa shape index (κ2) is 12.5. The van der Waals surface area contributed by atoms with Crippen molar-refractivity contribution in [3.05, 3.63) is 82.0 Å². The molecule has 1 aromatic heterocycles. The van der Waals surface area contributed by atoms with Crippen molar-refractivity contribution in [1.29, 1.82) is 5.41 Å². The standard InChI is InChI=1S/C28H31N5O6S2/c1-17(24-12-19(16-40-24)26(29)30)32-28(36)23-13-22(41(2,37)38)15-33(23)25(34)14-31-27(35)18-8-10-21(11-9-18)39-20-6-4-3-5-7-20/h3-12,16-17,22-23H,13-15H2,1-2H3,(H3,29,30)(H,31,35)(H,32,36)/t17-,22-,23+/m1/s1. The molecule has 3 aromatic rings. The second-order valence-electron chi connectivity index (χ2n) is 9.75. The molecule has 13 heteroatoms. The van der Waals surface area contributed by atoms with E-state index in [4.69, 9.17) is 15.9 Å². The average Bonchev–Trinajstić information content (AvgIpc) is 3.61. The molecule has 3 atom stereocenters. The molecule has 1 aliphatic heterocycles. The van der Waals surface area contributed by atoms with Gasteiger partial charge in [0.1, 0.15) is 23.4 Å². The van der Waals surface area contributed by atoms with E-state index < -0.39 is 51.4 Å². The van der Waals surface area contributed by atoms with Gasteiger partial charge in [-0.3, -0.25) is 19.8 Å². The lowest BCUT2D eigenvalue weighted by Crippen LogP contribution is -2.49. The van der Waals surface area contributed by atoms with Crippen LogP contribution in [0.2, 0.25) is 0 Å². The average molecular weight is 598 g/mol. The van der Waals surface area contributed by atoms with Crippen molar-refractivity contribution >= 4 is 44.7 Å². The first kappa shape index (κ1) is 29.7. The Bertz CT molecular complexity index is 1540. The van der Waals surface area contributed by atoms with Gasteiger partial charge in [-0.1, -0.05) is 18.2 Å². The topological polar surface area (TPSA) is 172 Å². The van der Waals surface area contributed by atoms with Crippen LogP contribution in [0.1, 0.15) is 40.2 Å². The van der Waals surface area contributed by atoms with Gasteiger partial charge in [0.05, 0.1) is 17.8 Å². The number of rotatable bonds is 10. The van der Waals surface area contributed by atoms with Crippen LogP contribution in [0.4, 0.5) is 0 Å². The summed E-state index contributed by atoms with van der Waals surface area (Å²) in [5.41, 5.74) is 6.36. The molecule has 41 heavy (non-hydrogen) atoms. The van der Waals surface area contributed by atoms with Crippen molar-refractivity contribution in [3.63, 3.8) is 0 Å². The molecule has 0 spiro atoms. The number of nitrogen functional groups attached to an aromatic ring is 1. The molecule has 1 aliphatic rings. The van der Waals surface area contributed by atoms with E-state index in [-0.39, 0.29) is 18.8 Å². The molecule has 1 saturated heterocycles. The summed E-state index contributed by atoms with van der Waals surface area (Å²) in [5.74, 6) is -0.482. The monoisotopic (exact) mass is 597 g/mol. The fourth-order valence-electron chi connectivity index (χ4n) is 4.39. The highest BCUT2D eigenvalue weighted by Crippen LogP contribution is 2.26. The van der Waals surface area contributed by atoms with Crippen LogP contribution in [0, 0.1) is 5.41 Å². The number of carbonyl (C=O) groups is 3. The Morgan fingerprint density at radius 3 is 2.37 bits per heavy atom. The number of ether oxygens (including phenoxy) is 1. The number of likely N-dealkylation sites (tertiary alicyclic amines) is 1. The van der Waals surface area contributed by atoms with Gasteiger partial charge >= 0.3 is 0 Å². The molecular weight excluding hydrogens is 566 g/mol. The van der Waals surface area contributed by atoms with Crippen LogP contribution in [0.3, 0.4) is 0 Å². The van der Waals surface area contributed by atoms with Crippen LogP contribution in [-0.4, -0.2) is 67.5 Å². The van der Waals surface area contributed by atoms with Crippen molar-refractivity contribution < 1.29 is 27.5 Å². The number of hydrogen-bond acceptors (Lipinski definition) is 8. The number of para-hydroxylation sites is 1. The van der Waals surface area contributed by atoms with Gasteiger partial charge in [-0.25, -0.2) is 8.42 Å². The maximum absolute atomic E-state index is 13.2. The summed E-state index contributed by atoms with van der Waals surface area (Å²) in [6.45, 7) is 1.18. The molecule has 216 valence electrons. The Hall–Kier alpha value is -4.23. The van der Waals surface area contributed by atoms with Crippen LogP contribution in [0.15, 0.2) is 66.0 Å². The third-order valence-electron chi connectivity index (χ3n) is 6.70. The van der Waals surface area contributed by atoms with E-state index in [0.717, 1.165) is 11.1 Å². The van der Waals surface area contributed by atoms with E-state index in [2.05, 4.69) is 10.6 Å². The molecule has 0 unspecified atom stereocenters. The number of benzene rings is 2. The molecule has 0 aliphatic carbocycles. The second-order valence-corrected chi connectivity index (χ2v) is 13.0. The lowest BCUT2D eigenvalue weighted by Gasteiger charge is -2.25. The number of carbonyl (C=O) groups excluding carboxylic acids is 3. The molecule has 5 N–H and O–H groups in total. The van der Waals surface area contributed by atoms with Crippen molar-refractivity contribution in [2.75, 3.05) is 19.3 Å². The summed E-state index contributed by atoms with van der Waals surface area (Å²) in [7, 11) is -3.53. The Labute approximate surface area is 242 Å². The number of thiophene rings is 1. The van der Waals surface area contributed by atoms with Crippen LogP contribution >= 0.6 is 11.3 Å². The summed E-state index contributed by atoms with van der Waals surface area (Å²) in [4.78, 5) is 41.0. The largest absolute Gasteiger partial charge is 0.457 e. The number of sulfone groups is 1. The van der Waals surface area contributed by atoms with E-state index in [1.165, 1.54) is 16.2 Å². The first-order valence-corrected chi connectivity index (χ1v) is 15.6. The lowest BCUT2D eigenvalue weighted by atomic mass is 10.1. The maximum Gasteiger partial charge on any atom is 0.251 e. The highest BCUT2D eigenvalue weighted by Gasteiger charge is 2.43. The van der Waals surface area contributed by atoms with E-state index in [1.807, 2.05) is 18.2 Å². The Balaban J connectivity index is 1.38. The number of nitrogens with two attached hydrogens (primary N) is 1. The van der Waals surface area contributed by atoms with Crippen LogP contribution in [-0.2, 0) is 19.4 Å². The van der Waals surface area contributed by atoms with Crippen LogP contribution in [0.5, 0.6) is 11.5 Å². The van der Waals surface area contributed by atoms with Crippen molar-refractivity contribution in [1.82, 2.24) is 15.5 Å². The van der Waals surface area contributed by atoms with Crippen molar-refractivity contribution in [2.45, 2.75) is 30.7 Å². The fraction of sp³-hybridized carbons (Fsp3) is 0.286. The van der Waals surface area contributed by atoms with Gasteiger partial charge in [0.15, 0.2) is 9.84 Å². The molecule has 0 saturated carbocycles. The molecule has 1 fully saturated rings. The Kier molecular flexibility index (Phi) is 9.08. The molecule has 11 nitrogen and oxygen atoms in total. The highest BCUT2D eigenvalue weighted by atomic mass is 32.2. The summed E-state index contributed by atoms with van der Waals surface area (Å²) in [6, 6.07) is 15.8. The molecule has 0 bridgehead atoms. The Morgan fingerprint density at radius 2 is 1.76 bits per heavy atom. The predicted molar refractivity (Wildman–Crippen MR) is 156 cm³/mol. The molecule has 0 radical (unpaired) electrons. The lowest BCUT2D eigenvalue weighted by molar-refractivity contribution is -0.137. The van der Waals surface area contributed by atoms with Crippen molar-refractivity contribution in [2.24, 2.45) is 5.73 Å². The maximum atomic E-state index is 13.2. The quantitative estimate of drug-likeness (QED) is 0.205. The minimum absolute atomic E-state index is 0.0525. The summed E-state index contributed by atoms with van der Waals surface area (Å²) < 4.78 is 30.3. The number of nitrogens with zero attached hydrogens (tertiary/aromatic N) is 1. The number of amidine groups is 1. The van der Waals surface area contributed by atoms with Crippen LogP contribution in [0.25, 0.3) is 0 Å². The molecule has 4 rings (SSSR count). The molecular formula is C28H31N5O6S2. The molecule has 2 heterocycles. The van der Waals surface area contributed by atoms with Gasteiger partial charge in [-0.2, -0.15) is 0 Å². The zero-order valence-corrected chi connectivity index (χ0v) is 24.1. The minimum Gasteiger partial charge on any atom is -0.457 e. The predicted octanol–water partition coefficient (Wildman–Crippen LogP) is 2.45. The van der Waals surface area contributed by atoms with Gasteiger partial charge in [-0.05, 0) is 55.8 Å². The van der Waals surface area contributed by atoms with Crippen molar-refractivity contribution in [3.8, 4) is 11.5 Å². The van der Waals surface area contributed by atoms with Gasteiger partial charge < -0.3 is 26.0 Å². The fourth-order valence-corrected chi connectivity index (χ4v) is 6.27. The van der Waals surface area contributed by atoms with E-state index in [0.29, 0.717) is 22.6 Å². The smallest absolute Gasteiger partial charge is 0.251 e. The van der Waals surface area contributed by atoms with Gasteiger partial charge in [-0.15, -0.1) is 11.3 Å². The first-order chi connectivity index (χ1) is 19.4. The van der Waals surface area contributed by atoms with E-state index in [9.17, 15) is 22.8 Å². The molecule has 3 amide bonds. The molecule has 2 aromatic carbocycles. The van der Waals surface area contributed by atoms with Gasteiger partial charge in [0.25, 0.3) is 5.91 Å². The van der Waals surface area contributed by atoms with Gasteiger partial charge in [0.2, 0.25) is 11.8 Å². The number of amides is 3. The third kappa shape index (κ3) is 7.50. The zero-order valence-electron chi connectivity index (χ0n) is 22.5. The summed E-state index contributed by atoms with van der Waals surface area (Å²) in [6.07, 6.45) is 1.02. The van der Waals surface area contributed by atoms with Crippen LogP contribution < -0.4 is 21.1 Å². The van der Waals surface area contributed by atoms with E-state index >= 15 is 0 Å². The Morgan fingerprint density at radius 1 is 1.10 bits per heavy atom. The minimum atomic E-state index is -3.53. The first-order valence-electron chi connectivity index (χ1n) is 12.7. The summed E-state index contributed by atoms with van der Waals surface area (Å²) >= 11 is 1.33. The third-order valence-corrected chi connectivity index (χ3v) is 9.37. The van der Waals surface area contributed by atoms with Gasteiger partial charge in [0, 0.05) is 34.2 Å².